The average molecular weight is 1060 g/mol. The van der Waals surface area contributed by atoms with E-state index < -0.39 is 159 Å². The molecule has 9 aliphatic rings. The Bertz CT molecular complexity index is 2090. The van der Waals surface area contributed by atoms with Crippen LogP contribution in [0.2, 0.25) is 0 Å². The summed E-state index contributed by atoms with van der Waals surface area (Å²) in [6, 6.07) is 0. The molecular weight excluding hydrogens is 977 g/mol. The Morgan fingerprint density at radius 3 is 1.69 bits per heavy atom. The van der Waals surface area contributed by atoms with Crippen LogP contribution in [-0.4, -0.2) is 210 Å². The van der Waals surface area contributed by atoms with Crippen molar-refractivity contribution in [3.8, 4) is 0 Å². The van der Waals surface area contributed by atoms with Gasteiger partial charge in [0.2, 0.25) is 6.29 Å². The minimum Gasteiger partial charge on any atom is -0.479 e. The molecule has 22 heteroatoms. The zero-order valence-electron chi connectivity index (χ0n) is 43.4. The van der Waals surface area contributed by atoms with Gasteiger partial charge in [-0.2, -0.15) is 0 Å². The number of carbonyl (C=O) groups excluding carboxylic acids is 1. The molecule has 0 spiro atoms. The van der Waals surface area contributed by atoms with E-state index in [4.69, 9.17) is 37.9 Å². The minimum absolute atomic E-state index is 0.0557. The maximum absolute atomic E-state index is 14.7. The summed E-state index contributed by atoms with van der Waals surface area (Å²) < 4.78 is 47.5. The number of rotatable bonds is 12. The molecule has 0 aromatic carbocycles. The summed E-state index contributed by atoms with van der Waals surface area (Å²) in [7, 11) is 0. The number of carbonyl (C=O) groups is 2. The number of esters is 1. The van der Waals surface area contributed by atoms with Gasteiger partial charge < -0.3 is 99.2 Å². The van der Waals surface area contributed by atoms with Gasteiger partial charge in [-0.1, -0.05) is 60.1 Å². The Balaban J connectivity index is 0.964. The molecule has 0 radical (unpaired) electrons. The number of hydrogen-bond acceptors (Lipinski definition) is 21. The van der Waals surface area contributed by atoms with E-state index in [1.54, 1.807) is 0 Å². The normalized spacial score (nSPS) is 52.7. The first kappa shape index (κ1) is 56.7. The van der Waals surface area contributed by atoms with Crippen molar-refractivity contribution in [2.45, 2.75) is 229 Å². The lowest BCUT2D eigenvalue weighted by molar-refractivity contribution is -0.360. The zero-order valence-corrected chi connectivity index (χ0v) is 43.4. The number of aliphatic hydroxyl groups excluding tert-OH is 11. The highest BCUT2D eigenvalue weighted by Crippen LogP contribution is 2.76. The third-order valence-corrected chi connectivity index (χ3v) is 20.7. The lowest BCUT2D eigenvalue weighted by Crippen LogP contribution is -2.67. The van der Waals surface area contributed by atoms with Gasteiger partial charge in [-0.25, -0.2) is 4.79 Å². The van der Waals surface area contributed by atoms with E-state index in [0.29, 0.717) is 32.1 Å². The standard InChI is InChI=1S/C52H82O22/c1-47(2)14-16-52(46(66)74-44-36(62)33(59)30(56)24(19-53)69-44)17-15-50(6)22(23(52)18-47)8-9-28-49(5)12-11-29(48(3,4)27(49)10-13-51(28,50)7)70-45-37(63)38(71-42-34(60)31(57)25(20-54)67-42)39(40(73-45)41(64)65)72-43-35(61)32(58)26(21-55)68-43/h8,23-40,42-45,53-63H,9-21H2,1-7H3,(H,64,65)/t23?,24-,25-,26-,27?,28?,29?,30+,31-,32+,33-,34+,35+,36-,37+,38-,39-,40-,42-,43-,44+,45+,49?,50?,51?,52?/m0/s1. The fourth-order valence-electron chi connectivity index (χ4n) is 16.1. The number of carboxylic acids is 1. The molecule has 0 amide bonds. The molecule has 4 saturated heterocycles. The first-order chi connectivity index (χ1) is 34.6. The third-order valence-electron chi connectivity index (χ3n) is 20.7. The first-order valence-corrected chi connectivity index (χ1v) is 26.6. The van der Waals surface area contributed by atoms with Gasteiger partial charge in [0, 0.05) is 0 Å². The van der Waals surface area contributed by atoms with E-state index in [2.05, 4.69) is 54.5 Å². The maximum Gasteiger partial charge on any atom is 0.335 e. The maximum atomic E-state index is 14.7. The minimum atomic E-state index is -1.97. The Hall–Kier alpha value is -2.04. The predicted molar refractivity (Wildman–Crippen MR) is 251 cm³/mol. The van der Waals surface area contributed by atoms with Gasteiger partial charge in [-0.3, -0.25) is 4.79 Å². The van der Waals surface area contributed by atoms with Crippen LogP contribution in [0.4, 0.5) is 0 Å². The number of aliphatic carboxylic acids is 1. The van der Waals surface area contributed by atoms with Crippen LogP contribution in [0.15, 0.2) is 11.6 Å². The molecule has 74 heavy (non-hydrogen) atoms. The summed E-state index contributed by atoms with van der Waals surface area (Å²) in [4.78, 5) is 27.8. The number of aliphatic hydroxyl groups is 11. The van der Waals surface area contributed by atoms with Crippen molar-refractivity contribution in [3.63, 3.8) is 0 Å². The van der Waals surface area contributed by atoms with Gasteiger partial charge in [0.1, 0.15) is 79.4 Å². The van der Waals surface area contributed by atoms with E-state index >= 15 is 0 Å². The molecule has 0 aromatic rings. The average Bonchev–Trinajstić information content (AvgIpc) is 3.78. The van der Waals surface area contributed by atoms with E-state index in [1.807, 2.05) is 0 Å². The van der Waals surface area contributed by atoms with Gasteiger partial charge in [-0.15, -0.1) is 0 Å². The highest BCUT2D eigenvalue weighted by molar-refractivity contribution is 5.79. The number of ether oxygens (including phenoxy) is 8. The summed E-state index contributed by atoms with van der Waals surface area (Å²) in [5.74, 6) is -2.05. The van der Waals surface area contributed by atoms with Gasteiger partial charge in [-0.05, 0) is 109 Å². The molecule has 12 N–H and O–H groups in total. The molecule has 422 valence electrons. The van der Waals surface area contributed by atoms with E-state index in [-0.39, 0.29) is 39.4 Å². The predicted octanol–water partition coefficient (Wildman–Crippen LogP) is -0.665. The molecule has 26 atom stereocenters. The van der Waals surface area contributed by atoms with Crippen LogP contribution in [0.3, 0.4) is 0 Å². The summed E-state index contributed by atoms with van der Waals surface area (Å²) in [6.07, 6.45) is -21.1. The fraction of sp³-hybridized carbons (Fsp3) is 0.923. The molecule has 0 bridgehead atoms. The second kappa shape index (κ2) is 20.3. The highest BCUT2D eigenvalue weighted by atomic mass is 16.8. The molecule has 8 unspecified atom stereocenters. The van der Waals surface area contributed by atoms with Crippen molar-refractivity contribution in [2.75, 3.05) is 19.8 Å². The van der Waals surface area contributed by atoms with Crippen LogP contribution in [0.5, 0.6) is 0 Å². The van der Waals surface area contributed by atoms with E-state index in [1.165, 1.54) is 5.57 Å². The second-order valence-electron chi connectivity index (χ2n) is 25.3. The summed E-state index contributed by atoms with van der Waals surface area (Å²) in [5.41, 5.74) is -1.20. The number of hydrogen-bond donors (Lipinski definition) is 12. The molecule has 0 aromatic heterocycles. The Kier molecular flexibility index (Phi) is 15.5. The summed E-state index contributed by atoms with van der Waals surface area (Å²) in [6.45, 7) is 13.7. The van der Waals surface area contributed by atoms with Crippen molar-refractivity contribution in [1.29, 1.82) is 0 Å². The van der Waals surface area contributed by atoms with Crippen molar-refractivity contribution in [2.24, 2.45) is 50.2 Å². The SMILES string of the molecule is CC1(C)CCC2(C(=O)O[C@H]3O[C@@H](CO)[C@@H](O)[C@H](O)[C@@H]3O)CCC3(C)C(=CCC4C5(C)CCC(O[C@@H]6O[C@H](C(=O)O)[C@@H](O[C@@H]7O[C@@H](CO)[C@@H](O)[C@H]7O)[C@@H](O[C@@H]7O[C@@H](CO)[C@H](O)[C@H]7O)[C@H]6O)C(C)(C)C5CCC43C)C2C1. The van der Waals surface area contributed by atoms with E-state index in [9.17, 15) is 70.9 Å². The summed E-state index contributed by atoms with van der Waals surface area (Å²) in [5, 5.41) is 127. The molecule has 9 rings (SSSR count). The number of fused-ring (bicyclic) bond motifs is 7. The van der Waals surface area contributed by atoms with Gasteiger partial charge in [0.15, 0.2) is 25.0 Å². The Morgan fingerprint density at radius 2 is 1.11 bits per heavy atom. The van der Waals surface area contributed by atoms with E-state index in [0.717, 1.165) is 32.1 Å². The smallest absolute Gasteiger partial charge is 0.335 e. The fourth-order valence-corrected chi connectivity index (χ4v) is 16.1. The van der Waals surface area contributed by atoms with Crippen molar-refractivity contribution < 1.29 is 109 Å². The largest absolute Gasteiger partial charge is 0.479 e. The lowest BCUT2D eigenvalue weighted by Gasteiger charge is -2.71. The molecule has 8 fully saturated rings. The zero-order chi connectivity index (χ0) is 54.0. The van der Waals surface area contributed by atoms with Crippen molar-refractivity contribution >= 4 is 11.9 Å². The molecule has 4 saturated carbocycles. The molecule has 4 heterocycles. The molecule has 22 nitrogen and oxygen atoms in total. The number of allylic oxidation sites excluding steroid dienone is 2. The lowest BCUT2D eigenvalue weighted by atomic mass is 9.33. The molecule has 4 aliphatic heterocycles. The van der Waals surface area contributed by atoms with Crippen LogP contribution in [0.25, 0.3) is 0 Å². The topological polar surface area (TPSA) is 351 Å². The number of carboxylic acid groups (broad SMARTS) is 1. The van der Waals surface area contributed by atoms with Crippen LogP contribution in [0, 0.1) is 50.2 Å². The first-order valence-electron chi connectivity index (χ1n) is 26.6. The summed E-state index contributed by atoms with van der Waals surface area (Å²) >= 11 is 0. The van der Waals surface area contributed by atoms with Crippen molar-refractivity contribution in [1.82, 2.24) is 0 Å². The molecular formula is C52H82O22. The van der Waals surface area contributed by atoms with Gasteiger partial charge in [0.05, 0.1) is 31.3 Å². The Morgan fingerprint density at radius 1 is 0.581 bits per heavy atom. The highest BCUT2D eigenvalue weighted by Gasteiger charge is 2.70. The van der Waals surface area contributed by atoms with Crippen LogP contribution < -0.4 is 0 Å². The van der Waals surface area contributed by atoms with Crippen LogP contribution in [-0.2, 0) is 47.5 Å². The van der Waals surface area contributed by atoms with Crippen LogP contribution in [0.1, 0.15) is 113 Å². The van der Waals surface area contributed by atoms with Gasteiger partial charge in [0.25, 0.3) is 0 Å². The van der Waals surface area contributed by atoms with Gasteiger partial charge >= 0.3 is 11.9 Å². The third kappa shape index (κ3) is 8.94. The Labute approximate surface area is 430 Å². The molecule has 5 aliphatic carbocycles. The van der Waals surface area contributed by atoms with Crippen molar-refractivity contribution in [3.05, 3.63) is 11.6 Å². The monoisotopic (exact) mass is 1060 g/mol. The quantitative estimate of drug-likeness (QED) is 0.0655. The van der Waals surface area contributed by atoms with Crippen LogP contribution >= 0.6 is 0 Å². The second-order valence-corrected chi connectivity index (χ2v) is 25.3.